The average Bonchev–Trinajstić information content (AvgIpc) is 2.92. The van der Waals surface area contributed by atoms with E-state index in [0.29, 0.717) is 17.9 Å². The fraction of sp³-hybridized carbons (Fsp3) is 0.158. The van der Waals surface area contributed by atoms with E-state index in [1.54, 1.807) is 0 Å². The molecule has 1 heterocycles. The van der Waals surface area contributed by atoms with Gasteiger partial charge in [0.25, 0.3) is 0 Å². The standard InChI is InChI=1S/C19H13Cl2FO4/c20-8-2-5-18(23)25-11-6-7-12-16(9-11)26-17(19(12)24)10-13-14(21)3-1-4-15(13)22/h1,3-4,6-7,9-10H,2,5,8H2/b17-10-. The van der Waals surface area contributed by atoms with Gasteiger partial charge in [-0.1, -0.05) is 17.7 Å². The van der Waals surface area contributed by atoms with E-state index in [-0.39, 0.29) is 34.3 Å². The number of benzene rings is 2. The lowest BCUT2D eigenvalue weighted by atomic mass is 10.1. The van der Waals surface area contributed by atoms with Crippen LogP contribution in [0.2, 0.25) is 5.02 Å². The molecule has 0 aliphatic carbocycles. The Labute approximate surface area is 159 Å². The lowest BCUT2D eigenvalue weighted by molar-refractivity contribution is -0.134. The molecule has 1 aliphatic rings. The van der Waals surface area contributed by atoms with E-state index in [1.165, 1.54) is 42.5 Å². The highest BCUT2D eigenvalue weighted by Crippen LogP contribution is 2.35. The number of alkyl halides is 1. The molecule has 0 aromatic heterocycles. The first-order valence-electron chi connectivity index (χ1n) is 7.78. The van der Waals surface area contributed by atoms with Crippen molar-refractivity contribution in [2.75, 3.05) is 5.88 Å². The van der Waals surface area contributed by atoms with Gasteiger partial charge in [-0.3, -0.25) is 9.59 Å². The number of esters is 1. The van der Waals surface area contributed by atoms with Crippen LogP contribution in [0, 0.1) is 5.82 Å². The van der Waals surface area contributed by atoms with Gasteiger partial charge >= 0.3 is 5.97 Å². The van der Waals surface area contributed by atoms with Crippen molar-refractivity contribution in [3.63, 3.8) is 0 Å². The van der Waals surface area contributed by atoms with Crippen molar-refractivity contribution in [1.82, 2.24) is 0 Å². The number of Topliss-reactive ketones (excluding diaryl/α,β-unsaturated/α-hetero) is 1. The predicted octanol–water partition coefficient (Wildman–Crippen LogP) is 5.02. The molecule has 0 fully saturated rings. The van der Waals surface area contributed by atoms with Gasteiger partial charge < -0.3 is 9.47 Å². The average molecular weight is 395 g/mol. The minimum Gasteiger partial charge on any atom is -0.452 e. The first-order chi connectivity index (χ1) is 12.5. The van der Waals surface area contributed by atoms with E-state index in [0.717, 1.165) is 0 Å². The van der Waals surface area contributed by atoms with Crippen LogP contribution in [-0.4, -0.2) is 17.6 Å². The van der Waals surface area contributed by atoms with Crippen LogP contribution in [0.25, 0.3) is 6.08 Å². The number of fused-ring (bicyclic) bond motifs is 1. The summed E-state index contributed by atoms with van der Waals surface area (Å²) in [4.78, 5) is 24.1. The van der Waals surface area contributed by atoms with Gasteiger partial charge in [0, 0.05) is 23.9 Å². The highest BCUT2D eigenvalue weighted by molar-refractivity contribution is 6.32. The topological polar surface area (TPSA) is 52.6 Å². The third-order valence-electron chi connectivity index (χ3n) is 3.66. The first kappa shape index (κ1) is 18.4. The maximum Gasteiger partial charge on any atom is 0.311 e. The van der Waals surface area contributed by atoms with Crippen LogP contribution in [-0.2, 0) is 4.79 Å². The molecule has 7 heteroatoms. The van der Waals surface area contributed by atoms with Crippen molar-refractivity contribution >= 4 is 41.0 Å². The third kappa shape index (κ3) is 3.89. The van der Waals surface area contributed by atoms with Crippen LogP contribution < -0.4 is 9.47 Å². The number of carbonyl (C=O) groups excluding carboxylic acids is 2. The van der Waals surface area contributed by atoms with E-state index >= 15 is 0 Å². The Morgan fingerprint density at radius 3 is 2.81 bits per heavy atom. The predicted molar refractivity (Wildman–Crippen MR) is 96.4 cm³/mol. The number of hydrogen-bond donors (Lipinski definition) is 0. The highest BCUT2D eigenvalue weighted by Gasteiger charge is 2.28. The quantitative estimate of drug-likeness (QED) is 0.309. The molecule has 0 atom stereocenters. The van der Waals surface area contributed by atoms with Crippen molar-refractivity contribution in [1.29, 1.82) is 0 Å². The van der Waals surface area contributed by atoms with E-state index in [9.17, 15) is 14.0 Å². The summed E-state index contributed by atoms with van der Waals surface area (Å²) in [7, 11) is 0. The second-order valence-electron chi connectivity index (χ2n) is 5.50. The second-order valence-corrected chi connectivity index (χ2v) is 6.28. The van der Waals surface area contributed by atoms with Gasteiger partial charge in [-0.05, 0) is 36.8 Å². The van der Waals surface area contributed by atoms with Gasteiger partial charge in [0.05, 0.1) is 10.6 Å². The lowest BCUT2D eigenvalue weighted by Gasteiger charge is -2.05. The number of halogens is 3. The van der Waals surface area contributed by atoms with E-state index in [4.69, 9.17) is 32.7 Å². The molecule has 0 radical (unpaired) electrons. The smallest absolute Gasteiger partial charge is 0.311 e. The lowest BCUT2D eigenvalue weighted by Crippen LogP contribution is -2.07. The van der Waals surface area contributed by atoms with Crippen molar-refractivity contribution < 1.29 is 23.5 Å². The SMILES string of the molecule is O=C(CCCCl)Oc1ccc2c(c1)O/C(=C\c1c(F)cccc1Cl)C2=O. The molecule has 3 rings (SSSR count). The summed E-state index contributed by atoms with van der Waals surface area (Å²) in [5.41, 5.74) is 0.363. The molecular formula is C19H13Cl2FO4. The maximum atomic E-state index is 13.9. The Balaban J connectivity index is 1.83. The third-order valence-corrected chi connectivity index (χ3v) is 4.26. The molecule has 1 aliphatic heterocycles. The normalized spacial score (nSPS) is 14.3. The second kappa shape index (κ2) is 7.89. The van der Waals surface area contributed by atoms with Crippen molar-refractivity contribution in [2.24, 2.45) is 0 Å². The van der Waals surface area contributed by atoms with Crippen LogP contribution in [0.1, 0.15) is 28.8 Å². The maximum absolute atomic E-state index is 13.9. The number of allylic oxidation sites excluding steroid dienone is 1. The molecule has 0 N–H and O–H groups in total. The number of rotatable bonds is 5. The Bertz CT molecular complexity index is 888. The van der Waals surface area contributed by atoms with Gasteiger partial charge in [0.1, 0.15) is 17.3 Å². The number of ketones is 1. The number of ether oxygens (including phenoxy) is 2. The molecule has 0 saturated heterocycles. The molecule has 0 unspecified atom stereocenters. The zero-order chi connectivity index (χ0) is 18.7. The Morgan fingerprint density at radius 1 is 1.27 bits per heavy atom. The summed E-state index contributed by atoms with van der Waals surface area (Å²) in [6.45, 7) is 0. The largest absolute Gasteiger partial charge is 0.452 e. The van der Waals surface area contributed by atoms with Crippen LogP contribution in [0.3, 0.4) is 0 Å². The van der Waals surface area contributed by atoms with Gasteiger partial charge in [0.2, 0.25) is 5.78 Å². The summed E-state index contributed by atoms with van der Waals surface area (Å²) < 4.78 is 24.6. The molecule has 0 bridgehead atoms. The van der Waals surface area contributed by atoms with Crippen molar-refractivity contribution in [3.05, 3.63) is 64.1 Å². The summed E-state index contributed by atoms with van der Waals surface area (Å²) in [5.74, 6) is -0.603. The van der Waals surface area contributed by atoms with Crippen LogP contribution in [0.5, 0.6) is 11.5 Å². The molecule has 0 saturated carbocycles. The van der Waals surface area contributed by atoms with Crippen LogP contribution in [0.4, 0.5) is 4.39 Å². The minimum atomic E-state index is -0.564. The number of hydrogen-bond acceptors (Lipinski definition) is 4. The molecule has 134 valence electrons. The highest BCUT2D eigenvalue weighted by atomic mass is 35.5. The van der Waals surface area contributed by atoms with E-state index < -0.39 is 17.6 Å². The van der Waals surface area contributed by atoms with Crippen LogP contribution >= 0.6 is 23.2 Å². The summed E-state index contributed by atoms with van der Waals surface area (Å²) in [6.07, 6.45) is 1.96. The molecule has 26 heavy (non-hydrogen) atoms. The molecule has 2 aromatic rings. The molecule has 0 amide bonds. The zero-order valence-electron chi connectivity index (χ0n) is 13.4. The molecule has 0 spiro atoms. The van der Waals surface area contributed by atoms with E-state index in [1.807, 2.05) is 0 Å². The zero-order valence-corrected chi connectivity index (χ0v) is 14.9. The van der Waals surface area contributed by atoms with Gasteiger partial charge in [-0.25, -0.2) is 4.39 Å². The Morgan fingerprint density at radius 2 is 2.08 bits per heavy atom. The van der Waals surface area contributed by atoms with Crippen molar-refractivity contribution in [3.8, 4) is 11.5 Å². The summed E-state index contributed by atoms with van der Waals surface area (Å²) in [6, 6.07) is 8.65. The molecule has 4 nitrogen and oxygen atoms in total. The van der Waals surface area contributed by atoms with E-state index in [2.05, 4.69) is 0 Å². The number of carbonyl (C=O) groups is 2. The minimum absolute atomic E-state index is 0.0578. The van der Waals surface area contributed by atoms with Gasteiger partial charge in [-0.15, -0.1) is 11.6 Å². The van der Waals surface area contributed by atoms with Gasteiger partial charge in [-0.2, -0.15) is 0 Å². The first-order valence-corrected chi connectivity index (χ1v) is 8.70. The summed E-state index contributed by atoms with van der Waals surface area (Å²) in [5, 5.41) is 0.166. The fourth-order valence-corrected chi connectivity index (χ4v) is 2.76. The van der Waals surface area contributed by atoms with Crippen molar-refractivity contribution in [2.45, 2.75) is 12.8 Å². The molecular weight excluding hydrogens is 382 g/mol. The molecule has 2 aromatic carbocycles. The fourth-order valence-electron chi connectivity index (χ4n) is 2.40. The Hall–Kier alpha value is -2.37. The van der Waals surface area contributed by atoms with Gasteiger partial charge in [0.15, 0.2) is 5.76 Å². The van der Waals surface area contributed by atoms with Crippen LogP contribution in [0.15, 0.2) is 42.2 Å². The monoisotopic (exact) mass is 394 g/mol. The summed E-state index contributed by atoms with van der Waals surface area (Å²) >= 11 is 11.5. The Kier molecular flexibility index (Phi) is 5.59.